The lowest BCUT2D eigenvalue weighted by molar-refractivity contribution is 0.252. The Kier molecular flexibility index (Phi) is 5.40. The van der Waals surface area contributed by atoms with Crippen molar-refractivity contribution in [2.45, 2.75) is 13.8 Å². The van der Waals surface area contributed by atoms with Gasteiger partial charge in [-0.1, -0.05) is 6.07 Å². The molecule has 1 aromatic carbocycles. The molecule has 0 atom stereocenters. The Morgan fingerprint density at radius 2 is 2.10 bits per heavy atom. The summed E-state index contributed by atoms with van der Waals surface area (Å²) in [4.78, 5) is 11.7. The highest BCUT2D eigenvalue weighted by Crippen LogP contribution is 2.22. The topological polar surface area (TPSA) is 66.6 Å². The summed E-state index contributed by atoms with van der Waals surface area (Å²) in [6, 6.07) is 7.07. The van der Waals surface area contributed by atoms with Gasteiger partial charge in [-0.05, 0) is 53.0 Å². The van der Waals surface area contributed by atoms with Gasteiger partial charge in [0.1, 0.15) is 5.76 Å². The Morgan fingerprint density at radius 1 is 1.33 bits per heavy atom. The average molecular weight is 462 g/mol. The monoisotopic (exact) mass is 461 g/mol. The number of urea groups is 1. The van der Waals surface area contributed by atoms with Gasteiger partial charge in [-0.25, -0.2) is 10.2 Å². The van der Waals surface area contributed by atoms with E-state index >= 15 is 0 Å². The molecule has 2 rings (SSSR count). The normalized spacial score (nSPS) is 10.9. The van der Waals surface area contributed by atoms with Crippen LogP contribution in [0, 0.1) is 17.6 Å². The summed E-state index contributed by atoms with van der Waals surface area (Å²) in [6.07, 6.45) is 1.44. The fourth-order valence-electron chi connectivity index (χ4n) is 1.56. The SMILES string of the molecule is Cc1ccc(NC(=O)N/N=C/c2cc(Br)c(I)o2)cc1C. The standard InChI is InChI=1S/C14H13BrIN3O2/c1-8-3-4-10(5-9(8)2)18-14(20)19-17-7-11-6-12(15)13(16)21-11/h3-7H,1-2H3,(H2,18,19,20)/b17-7+. The van der Waals surface area contributed by atoms with Crippen LogP contribution < -0.4 is 10.7 Å². The minimum atomic E-state index is -0.408. The number of rotatable bonds is 3. The number of nitrogens with one attached hydrogen (secondary N) is 2. The molecule has 2 aromatic rings. The van der Waals surface area contributed by atoms with Crippen LogP contribution in [0.25, 0.3) is 0 Å². The number of anilines is 1. The summed E-state index contributed by atoms with van der Waals surface area (Å²) < 4.78 is 6.94. The molecule has 2 N–H and O–H groups in total. The highest BCUT2D eigenvalue weighted by molar-refractivity contribution is 14.1. The van der Waals surface area contributed by atoms with Crippen molar-refractivity contribution in [3.8, 4) is 0 Å². The maximum absolute atomic E-state index is 11.7. The van der Waals surface area contributed by atoms with Gasteiger partial charge in [0.15, 0.2) is 3.77 Å². The number of nitrogens with zero attached hydrogens (tertiary/aromatic N) is 1. The minimum Gasteiger partial charge on any atom is -0.448 e. The zero-order valence-electron chi connectivity index (χ0n) is 11.4. The predicted molar refractivity (Wildman–Crippen MR) is 94.8 cm³/mol. The second-order valence-corrected chi connectivity index (χ2v) is 6.23. The van der Waals surface area contributed by atoms with Crippen molar-refractivity contribution in [3.63, 3.8) is 0 Å². The summed E-state index contributed by atoms with van der Waals surface area (Å²) in [5.41, 5.74) is 5.40. The van der Waals surface area contributed by atoms with E-state index in [1.54, 1.807) is 6.07 Å². The maximum Gasteiger partial charge on any atom is 0.339 e. The molecule has 5 nitrogen and oxygen atoms in total. The number of carbonyl (C=O) groups is 1. The molecule has 0 aliphatic carbocycles. The van der Waals surface area contributed by atoms with Gasteiger partial charge in [-0.2, -0.15) is 5.10 Å². The fraction of sp³-hybridized carbons (Fsp3) is 0.143. The molecular formula is C14H13BrIN3O2. The van der Waals surface area contributed by atoms with Crippen LogP contribution in [0.1, 0.15) is 16.9 Å². The quantitative estimate of drug-likeness (QED) is 0.403. The molecule has 110 valence electrons. The smallest absolute Gasteiger partial charge is 0.339 e. The van der Waals surface area contributed by atoms with Crippen LogP contribution in [0.2, 0.25) is 0 Å². The lowest BCUT2D eigenvalue weighted by Gasteiger charge is -2.06. The number of hydrogen-bond acceptors (Lipinski definition) is 3. The Hall–Kier alpha value is -1.35. The summed E-state index contributed by atoms with van der Waals surface area (Å²) >= 11 is 5.39. The van der Waals surface area contributed by atoms with Gasteiger partial charge in [0, 0.05) is 34.3 Å². The van der Waals surface area contributed by atoms with Crippen LogP contribution in [0.15, 0.2) is 38.3 Å². The van der Waals surface area contributed by atoms with E-state index in [1.165, 1.54) is 11.8 Å². The molecule has 2 amide bonds. The molecule has 0 radical (unpaired) electrons. The third kappa shape index (κ3) is 4.57. The number of aryl methyl sites for hydroxylation is 2. The molecule has 1 aromatic heterocycles. The third-order valence-electron chi connectivity index (χ3n) is 2.79. The van der Waals surface area contributed by atoms with Crippen molar-refractivity contribution < 1.29 is 9.21 Å². The first kappa shape index (κ1) is 16.0. The molecule has 1 heterocycles. The van der Waals surface area contributed by atoms with Gasteiger partial charge in [0.05, 0.1) is 10.7 Å². The minimum absolute atomic E-state index is 0.408. The zero-order chi connectivity index (χ0) is 15.4. The Labute approximate surface area is 144 Å². The van der Waals surface area contributed by atoms with E-state index in [4.69, 9.17) is 4.42 Å². The van der Waals surface area contributed by atoms with Crippen LogP contribution in [0.5, 0.6) is 0 Å². The molecule has 0 unspecified atom stereocenters. The number of halogens is 2. The molecule has 21 heavy (non-hydrogen) atoms. The summed E-state index contributed by atoms with van der Waals surface area (Å²) in [5.74, 6) is 0.553. The van der Waals surface area contributed by atoms with Gasteiger partial charge in [0.25, 0.3) is 0 Å². The Balaban J connectivity index is 1.91. The van der Waals surface area contributed by atoms with Gasteiger partial charge in [-0.3, -0.25) is 0 Å². The van der Waals surface area contributed by atoms with E-state index in [-0.39, 0.29) is 0 Å². The predicted octanol–water partition coefficient (Wildman–Crippen LogP) is 4.42. The molecule has 0 spiro atoms. The maximum atomic E-state index is 11.7. The highest BCUT2D eigenvalue weighted by Gasteiger charge is 2.04. The van der Waals surface area contributed by atoms with Crippen molar-refractivity contribution in [1.29, 1.82) is 0 Å². The Bertz CT molecular complexity index is 678. The van der Waals surface area contributed by atoms with E-state index in [0.29, 0.717) is 5.76 Å². The lowest BCUT2D eigenvalue weighted by atomic mass is 10.1. The molecule has 0 bridgehead atoms. The molecule has 0 fully saturated rings. The number of furan rings is 1. The van der Waals surface area contributed by atoms with Crippen LogP contribution in [-0.2, 0) is 0 Å². The van der Waals surface area contributed by atoms with E-state index < -0.39 is 6.03 Å². The van der Waals surface area contributed by atoms with Crippen molar-refractivity contribution in [3.05, 3.63) is 49.4 Å². The van der Waals surface area contributed by atoms with Gasteiger partial charge in [-0.15, -0.1) is 0 Å². The number of benzene rings is 1. The van der Waals surface area contributed by atoms with Crippen molar-refractivity contribution >= 4 is 56.5 Å². The first-order valence-electron chi connectivity index (χ1n) is 6.08. The summed E-state index contributed by atoms with van der Waals surface area (Å²) in [6.45, 7) is 4.01. The molecule has 0 saturated heterocycles. The molecule has 7 heteroatoms. The van der Waals surface area contributed by atoms with Gasteiger partial charge in [0.2, 0.25) is 0 Å². The molecule has 0 saturated carbocycles. The summed E-state index contributed by atoms with van der Waals surface area (Å²) in [5, 5.41) is 6.53. The van der Waals surface area contributed by atoms with E-state index in [1.807, 2.05) is 32.0 Å². The lowest BCUT2D eigenvalue weighted by Crippen LogP contribution is -2.24. The van der Waals surface area contributed by atoms with E-state index in [0.717, 1.165) is 19.5 Å². The number of carbonyl (C=O) groups excluding carboxylic acids is 1. The van der Waals surface area contributed by atoms with Crippen LogP contribution in [0.4, 0.5) is 10.5 Å². The second-order valence-electron chi connectivity index (χ2n) is 4.39. The summed E-state index contributed by atoms with van der Waals surface area (Å²) in [7, 11) is 0. The average Bonchev–Trinajstić information content (AvgIpc) is 2.73. The van der Waals surface area contributed by atoms with Crippen molar-refractivity contribution in [1.82, 2.24) is 5.43 Å². The highest BCUT2D eigenvalue weighted by atomic mass is 127. The number of hydrazone groups is 1. The van der Waals surface area contributed by atoms with Crippen LogP contribution in [0.3, 0.4) is 0 Å². The molecule has 0 aliphatic heterocycles. The van der Waals surface area contributed by atoms with Crippen molar-refractivity contribution in [2.24, 2.45) is 5.10 Å². The Morgan fingerprint density at radius 3 is 2.71 bits per heavy atom. The first-order chi connectivity index (χ1) is 9.95. The number of amides is 2. The van der Waals surface area contributed by atoms with Crippen LogP contribution >= 0.6 is 38.5 Å². The van der Waals surface area contributed by atoms with Crippen molar-refractivity contribution in [2.75, 3.05) is 5.32 Å². The first-order valence-corrected chi connectivity index (χ1v) is 7.95. The van der Waals surface area contributed by atoms with E-state index in [9.17, 15) is 4.79 Å². The second kappa shape index (κ2) is 7.08. The van der Waals surface area contributed by atoms with Crippen LogP contribution in [-0.4, -0.2) is 12.2 Å². The molecule has 0 aliphatic rings. The zero-order valence-corrected chi connectivity index (χ0v) is 15.1. The molecular weight excluding hydrogens is 449 g/mol. The largest absolute Gasteiger partial charge is 0.448 e. The van der Waals surface area contributed by atoms with Gasteiger partial charge < -0.3 is 9.73 Å². The number of hydrogen-bond donors (Lipinski definition) is 2. The third-order valence-corrected chi connectivity index (χ3v) is 4.92. The van der Waals surface area contributed by atoms with Gasteiger partial charge >= 0.3 is 6.03 Å². The fourth-order valence-corrected chi connectivity index (χ4v) is 2.28. The van der Waals surface area contributed by atoms with E-state index in [2.05, 4.69) is 54.4 Å².